The Labute approximate surface area is 174 Å². The van der Waals surface area contributed by atoms with Crippen LogP contribution in [0.15, 0.2) is 11.8 Å². The minimum absolute atomic E-state index is 0.115. The molecule has 0 bridgehead atoms. The summed E-state index contributed by atoms with van der Waals surface area (Å²) in [6, 6.07) is 0. The van der Waals surface area contributed by atoms with E-state index in [0.29, 0.717) is 23.5 Å². The molecule has 1 aromatic heterocycles. The van der Waals surface area contributed by atoms with E-state index >= 15 is 0 Å². The number of aryl methyl sites for hydroxylation is 2. The van der Waals surface area contributed by atoms with E-state index in [2.05, 4.69) is 25.0 Å². The molecular formula is C25H36N2O2. The lowest BCUT2D eigenvalue weighted by atomic mass is 9.45. The van der Waals surface area contributed by atoms with E-state index < -0.39 is 0 Å². The number of ketones is 1. The predicted octanol–water partition coefficient (Wildman–Crippen LogP) is 4.69. The highest BCUT2D eigenvalue weighted by Crippen LogP contribution is 2.66. The Hall–Kier alpha value is -1.42. The minimum atomic E-state index is -0.115. The molecule has 4 aliphatic rings. The van der Waals surface area contributed by atoms with Crippen LogP contribution in [0.5, 0.6) is 0 Å². The van der Waals surface area contributed by atoms with Crippen LogP contribution in [0.1, 0.15) is 76.5 Å². The molecule has 4 saturated carbocycles. The maximum Gasteiger partial charge on any atom is 0.159 e. The van der Waals surface area contributed by atoms with Crippen molar-refractivity contribution < 1.29 is 9.90 Å². The van der Waals surface area contributed by atoms with E-state index in [1.165, 1.54) is 25.7 Å². The molecule has 4 nitrogen and oxygen atoms in total. The van der Waals surface area contributed by atoms with Gasteiger partial charge in [-0.3, -0.25) is 9.48 Å². The largest absolute Gasteiger partial charge is 0.393 e. The maximum absolute atomic E-state index is 13.0. The van der Waals surface area contributed by atoms with Crippen molar-refractivity contribution in [3.63, 3.8) is 0 Å². The van der Waals surface area contributed by atoms with Gasteiger partial charge in [-0.2, -0.15) is 5.10 Å². The van der Waals surface area contributed by atoms with Crippen molar-refractivity contribution in [1.82, 2.24) is 9.78 Å². The topological polar surface area (TPSA) is 55.1 Å². The summed E-state index contributed by atoms with van der Waals surface area (Å²) in [4.78, 5) is 13.0. The number of aliphatic hydroxyl groups is 1. The fraction of sp³-hybridized carbons (Fsp3) is 0.760. The van der Waals surface area contributed by atoms with Gasteiger partial charge in [0.15, 0.2) is 5.78 Å². The molecule has 0 unspecified atom stereocenters. The van der Waals surface area contributed by atoms with Gasteiger partial charge in [0.05, 0.1) is 11.8 Å². The summed E-state index contributed by atoms with van der Waals surface area (Å²) in [7, 11) is 1.94. The number of fused-ring (bicyclic) bond motifs is 5. The molecule has 4 heteroatoms. The maximum atomic E-state index is 13.0. The average Bonchev–Trinajstić information content (AvgIpc) is 3.14. The highest BCUT2D eigenvalue weighted by Gasteiger charge is 2.60. The van der Waals surface area contributed by atoms with Crippen molar-refractivity contribution in [3.05, 3.63) is 23.0 Å². The zero-order chi connectivity index (χ0) is 20.6. The van der Waals surface area contributed by atoms with Crippen LogP contribution in [0, 0.1) is 41.4 Å². The first-order valence-electron chi connectivity index (χ1n) is 11.6. The standard InChI is InChI=1S/C25H36N2O2/c1-15-17(14-27(4)26-15)11-16-13-25(3)18(12-22(16)28)5-6-19-20-7-8-23(29)24(20,2)10-9-21(19)25/h11,14,18-21,23,29H,5-10,12-13H2,1-4H3/b16-11-/t18-,19-,20-,21-,23+,24-,25-/m0/s1. The van der Waals surface area contributed by atoms with E-state index in [0.717, 1.165) is 48.4 Å². The number of carbonyl (C=O) groups excluding carboxylic acids is 1. The Bertz CT molecular complexity index is 870. The zero-order valence-electron chi connectivity index (χ0n) is 18.4. The first kappa shape index (κ1) is 19.5. The highest BCUT2D eigenvalue weighted by atomic mass is 16.3. The van der Waals surface area contributed by atoms with E-state index in [-0.39, 0.29) is 16.9 Å². The third-order valence-corrected chi connectivity index (χ3v) is 9.76. The lowest BCUT2D eigenvalue weighted by molar-refractivity contribution is -0.134. The molecule has 0 amide bonds. The minimum Gasteiger partial charge on any atom is -0.393 e. The van der Waals surface area contributed by atoms with Crippen molar-refractivity contribution in [2.75, 3.05) is 0 Å². The molecule has 0 radical (unpaired) electrons. The predicted molar refractivity (Wildman–Crippen MR) is 114 cm³/mol. The van der Waals surface area contributed by atoms with Crippen LogP contribution in [-0.2, 0) is 11.8 Å². The molecule has 4 fully saturated rings. The van der Waals surface area contributed by atoms with Gasteiger partial charge in [-0.1, -0.05) is 13.8 Å². The Morgan fingerprint density at radius 3 is 2.62 bits per heavy atom. The average molecular weight is 397 g/mol. The number of allylic oxidation sites excluding steroid dienone is 1. The van der Waals surface area contributed by atoms with Crippen LogP contribution < -0.4 is 0 Å². The van der Waals surface area contributed by atoms with Gasteiger partial charge >= 0.3 is 0 Å². The third-order valence-electron chi connectivity index (χ3n) is 9.76. The molecule has 1 heterocycles. The number of carbonyl (C=O) groups is 1. The first-order valence-corrected chi connectivity index (χ1v) is 11.6. The summed E-state index contributed by atoms with van der Waals surface area (Å²) in [6.07, 6.45) is 12.7. The van der Waals surface area contributed by atoms with Crippen molar-refractivity contribution >= 4 is 11.9 Å². The van der Waals surface area contributed by atoms with E-state index in [4.69, 9.17) is 0 Å². The van der Waals surface area contributed by atoms with Crippen LogP contribution in [0.4, 0.5) is 0 Å². The van der Waals surface area contributed by atoms with E-state index in [1.54, 1.807) is 0 Å². The SMILES string of the molecule is Cc1nn(C)cc1/C=C1/C[C@@]2(C)[C@@H](CC[C@@H]3[C@@H]2CC[C@]2(C)[C@H](O)CC[C@@H]32)CC1=O. The van der Waals surface area contributed by atoms with Gasteiger partial charge < -0.3 is 5.11 Å². The highest BCUT2D eigenvalue weighted by molar-refractivity contribution is 6.00. The Balaban J connectivity index is 1.47. The van der Waals surface area contributed by atoms with Gasteiger partial charge in [0, 0.05) is 25.2 Å². The molecule has 5 rings (SSSR count). The van der Waals surface area contributed by atoms with Crippen molar-refractivity contribution in [3.8, 4) is 0 Å². The summed E-state index contributed by atoms with van der Waals surface area (Å²) in [5.41, 5.74) is 3.43. The number of aliphatic hydroxyl groups excluding tert-OH is 1. The summed E-state index contributed by atoms with van der Waals surface area (Å²) in [5, 5.41) is 15.1. The smallest absolute Gasteiger partial charge is 0.159 e. The van der Waals surface area contributed by atoms with Gasteiger partial charge in [0.1, 0.15) is 0 Å². The van der Waals surface area contributed by atoms with E-state index in [9.17, 15) is 9.90 Å². The molecule has 7 atom stereocenters. The monoisotopic (exact) mass is 396 g/mol. The number of aromatic nitrogens is 2. The zero-order valence-corrected chi connectivity index (χ0v) is 18.4. The summed E-state index contributed by atoms with van der Waals surface area (Å²) < 4.78 is 1.84. The molecule has 4 aliphatic carbocycles. The van der Waals surface area contributed by atoms with Crippen LogP contribution in [0.25, 0.3) is 6.08 Å². The Morgan fingerprint density at radius 1 is 1.14 bits per heavy atom. The molecule has 0 aromatic carbocycles. The number of hydrogen-bond acceptors (Lipinski definition) is 3. The molecule has 0 aliphatic heterocycles. The van der Waals surface area contributed by atoms with E-state index in [1.807, 2.05) is 24.9 Å². The summed E-state index contributed by atoms with van der Waals surface area (Å²) >= 11 is 0. The molecule has 1 N–H and O–H groups in total. The van der Waals surface area contributed by atoms with Gasteiger partial charge in [-0.05, 0) is 98.0 Å². The Morgan fingerprint density at radius 2 is 1.90 bits per heavy atom. The van der Waals surface area contributed by atoms with Gasteiger partial charge in [-0.15, -0.1) is 0 Å². The quantitative estimate of drug-likeness (QED) is 0.701. The first-order chi connectivity index (χ1) is 13.7. The van der Waals surface area contributed by atoms with Gasteiger partial charge in [-0.25, -0.2) is 0 Å². The van der Waals surface area contributed by atoms with Crippen LogP contribution in [0.2, 0.25) is 0 Å². The van der Waals surface area contributed by atoms with Crippen molar-refractivity contribution in [2.45, 2.75) is 78.2 Å². The number of nitrogens with zero attached hydrogens (tertiary/aromatic N) is 2. The molecular weight excluding hydrogens is 360 g/mol. The fourth-order valence-corrected chi connectivity index (χ4v) is 8.06. The normalized spacial score (nSPS) is 45.8. The number of rotatable bonds is 1. The van der Waals surface area contributed by atoms with Gasteiger partial charge in [0.25, 0.3) is 0 Å². The van der Waals surface area contributed by atoms with Crippen molar-refractivity contribution in [2.24, 2.45) is 41.5 Å². The third kappa shape index (κ3) is 2.81. The lowest BCUT2D eigenvalue weighted by Crippen LogP contribution is -2.54. The Kier molecular flexibility index (Phi) is 4.40. The summed E-state index contributed by atoms with van der Waals surface area (Å²) in [6.45, 7) is 6.86. The fourth-order valence-electron chi connectivity index (χ4n) is 8.06. The van der Waals surface area contributed by atoms with Crippen molar-refractivity contribution in [1.29, 1.82) is 0 Å². The second-order valence-corrected chi connectivity index (χ2v) is 11.1. The van der Waals surface area contributed by atoms with Crippen LogP contribution >= 0.6 is 0 Å². The molecule has 0 saturated heterocycles. The number of hydrogen-bond donors (Lipinski definition) is 1. The molecule has 1 aromatic rings. The molecule has 0 spiro atoms. The van der Waals surface area contributed by atoms with Gasteiger partial charge in [0.2, 0.25) is 0 Å². The van der Waals surface area contributed by atoms with Crippen LogP contribution in [0.3, 0.4) is 0 Å². The molecule has 158 valence electrons. The number of Topliss-reactive ketones (excluding diaryl/α,β-unsaturated/α-hetero) is 1. The lowest BCUT2D eigenvalue weighted by Gasteiger charge is -2.60. The second-order valence-electron chi connectivity index (χ2n) is 11.1. The molecule has 29 heavy (non-hydrogen) atoms. The van der Waals surface area contributed by atoms with Crippen LogP contribution in [-0.4, -0.2) is 26.8 Å². The second kappa shape index (κ2) is 6.54. The summed E-state index contributed by atoms with van der Waals surface area (Å²) in [5.74, 6) is 2.96.